The van der Waals surface area contributed by atoms with E-state index in [0.29, 0.717) is 5.25 Å². The summed E-state index contributed by atoms with van der Waals surface area (Å²) in [5.74, 6) is 1.58. The Balaban J connectivity index is 2.71. The fourth-order valence-corrected chi connectivity index (χ4v) is 2.27. The fraction of sp³-hybridized carbons (Fsp3) is 0.538. The van der Waals surface area contributed by atoms with Crippen LogP contribution in [0.25, 0.3) is 0 Å². The van der Waals surface area contributed by atoms with Gasteiger partial charge >= 0.3 is 0 Å². The van der Waals surface area contributed by atoms with Gasteiger partial charge in [-0.05, 0) is 35.4 Å². The Bertz CT molecular complexity index is 337. The molecule has 0 aliphatic carbocycles. The molecule has 0 bridgehead atoms. The van der Waals surface area contributed by atoms with Crippen molar-refractivity contribution in [2.45, 2.75) is 32.1 Å². The Hall–Kier alpha value is -0.670. The molecule has 16 heavy (non-hydrogen) atoms. The van der Waals surface area contributed by atoms with Crippen LogP contribution in [0.15, 0.2) is 18.2 Å². The summed E-state index contributed by atoms with van der Waals surface area (Å²) < 4.78 is 5.14. The number of thioether (sulfide) groups is 1. The molecule has 3 heteroatoms. The molecule has 1 atom stereocenters. The SMILES string of the molecule is COc1ccc(C(O)CSC(C)C)c(C)c1. The third-order valence-corrected chi connectivity index (χ3v) is 3.60. The van der Waals surface area contributed by atoms with Crippen molar-refractivity contribution in [2.75, 3.05) is 12.9 Å². The molecule has 0 amide bonds. The van der Waals surface area contributed by atoms with Crippen molar-refractivity contribution in [1.29, 1.82) is 0 Å². The van der Waals surface area contributed by atoms with E-state index in [-0.39, 0.29) is 0 Å². The van der Waals surface area contributed by atoms with Gasteiger partial charge in [0.05, 0.1) is 13.2 Å². The number of ether oxygens (including phenoxy) is 1. The van der Waals surface area contributed by atoms with Crippen LogP contribution in [0.2, 0.25) is 0 Å². The average Bonchev–Trinajstić information content (AvgIpc) is 2.25. The molecule has 0 fully saturated rings. The second kappa shape index (κ2) is 6.16. The van der Waals surface area contributed by atoms with Crippen LogP contribution in [0.1, 0.15) is 31.1 Å². The molecule has 0 radical (unpaired) electrons. The van der Waals surface area contributed by atoms with E-state index in [2.05, 4.69) is 13.8 Å². The Morgan fingerprint density at radius 3 is 2.56 bits per heavy atom. The van der Waals surface area contributed by atoms with Gasteiger partial charge in [0.1, 0.15) is 5.75 Å². The highest BCUT2D eigenvalue weighted by Crippen LogP contribution is 2.26. The first-order chi connectivity index (χ1) is 7.54. The maximum Gasteiger partial charge on any atom is 0.119 e. The minimum absolute atomic E-state index is 0.390. The monoisotopic (exact) mass is 240 g/mol. The number of methoxy groups -OCH3 is 1. The van der Waals surface area contributed by atoms with E-state index in [9.17, 15) is 5.11 Å². The molecule has 0 aliphatic heterocycles. The number of hydrogen-bond acceptors (Lipinski definition) is 3. The van der Waals surface area contributed by atoms with E-state index in [1.807, 2.05) is 25.1 Å². The Labute approximate surface area is 102 Å². The molecule has 90 valence electrons. The van der Waals surface area contributed by atoms with Crippen molar-refractivity contribution in [3.05, 3.63) is 29.3 Å². The van der Waals surface area contributed by atoms with E-state index in [4.69, 9.17) is 4.74 Å². The molecule has 0 saturated heterocycles. The Morgan fingerprint density at radius 1 is 1.38 bits per heavy atom. The number of benzene rings is 1. The lowest BCUT2D eigenvalue weighted by Gasteiger charge is -2.15. The first-order valence-electron chi connectivity index (χ1n) is 5.48. The van der Waals surface area contributed by atoms with Crippen LogP contribution in [0, 0.1) is 6.92 Å². The van der Waals surface area contributed by atoms with Gasteiger partial charge in [0.2, 0.25) is 0 Å². The van der Waals surface area contributed by atoms with E-state index in [1.54, 1.807) is 18.9 Å². The highest BCUT2D eigenvalue weighted by Gasteiger charge is 2.11. The van der Waals surface area contributed by atoms with Gasteiger partial charge in [-0.15, -0.1) is 0 Å². The standard InChI is InChI=1S/C13H20O2S/c1-9(2)16-8-13(14)12-6-5-11(15-4)7-10(12)3/h5-7,9,13-14H,8H2,1-4H3. The summed E-state index contributed by atoms with van der Waals surface area (Å²) in [6.45, 7) is 6.28. The molecule has 1 unspecified atom stereocenters. The zero-order chi connectivity index (χ0) is 12.1. The quantitative estimate of drug-likeness (QED) is 0.857. The number of aryl methyl sites for hydroxylation is 1. The molecular formula is C13H20O2S. The summed E-state index contributed by atoms with van der Waals surface area (Å²) in [7, 11) is 1.65. The number of aliphatic hydroxyl groups excluding tert-OH is 1. The van der Waals surface area contributed by atoms with Gasteiger partial charge < -0.3 is 9.84 Å². The molecule has 0 saturated carbocycles. The van der Waals surface area contributed by atoms with Crippen LogP contribution in [0.5, 0.6) is 5.75 Å². The minimum atomic E-state index is -0.390. The normalized spacial score (nSPS) is 12.9. The number of hydrogen-bond donors (Lipinski definition) is 1. The van der Waals surface area contributed by atoms with Crippen LogP contribution >= 0.6 is 11.8 Å². The van der Waals surface area contributed by atoms with Crippen LogP contribution in [0.4, 0.5) is 0 Å². The summed E-state index contributed by atoms with van der Waals surface area (Å²) in [5.41, 5.74) is 2.07. The van der Waals surface area contributed by atoms with Gasteiger partial charge in [0.25, 0.3) is 0 Å². The van der Waals surface area contributed by atoms with Crippen LogP contribution in [-0.2, 0) is 0 Å². The van der Waals surface area contributed by atoms with Gasteiger partial charge in [-0.1, -0.05) is 19.9 Å². The second-order valence-corrected chi connectivity index (χ2v) is 5.73. The summed E-state index contributed by atoms with van der Waals surface area (Å²) in [5, 5.41) is 10.6. The topological polar surface area (TPSA) is 29.5 Å². The third-order valence-electron chi connectivity index (χ3n) is 2.42. The predicted molar refractivity (Wildman–Crippen MR) is 70.3 cm³/mol. The molecule has 1 rings (SSSR count). The van der Waals surface area contributed by atoms with Gasteiger partial charge in [-0.3, -0.25) is 0 Å². The van der Waals surface area contributed by atoms with Gasteiger partial charge in [-0.25, -0.2) is 0 Å². The Kier molecular flexibility index (Phi) is 5.16. The lowest BCUT2D eigenvalue weighted by molar-refractivity contribution is 0.203. The summed E-state index contributed by atoms with van der Waals surface area (Å²) in [4.78, 5) is 0. The van der Waals surface area contributed by atoms with Crippen molar-refractivity contribution in [3.63, 3.8) is 0 Å². The maximum atomic E-state index is 10.1. The third kappa shape index (κ3) is 3.72. The molecule has 1 N–H and O–H groups in total. The minimum Gasteiger partial charge on any atom is -0.497 e. The van der Waals surface area contributed by atoms with E-state index < -0.39 is 6.10 Å². The highest BCUT2D eigenvalue weighted by molar-refractivity contribution is 7.99. The van der Waals surface area contributed by atoms with Crippen molar-refractivity contribution in [1.82, 2.24) is 0 Å². The molecule has 1 aromatic carbocycles. The van der Waals surface area contributed by atoms with Crippen molar-refractivity contribution in [2.24, 2.45) is 0 Å². The van der Waals surface area contributed by atoms with E-state index in [1.165, 1.54) is 0 Å². The fourth-order valence-electron chi connectivity index (χ4n) is 1.52. The molecular weight excluding hydrogens is 220 g/mol. The molecule has 0 aromatic heterocycles. The largest absolute Gasteiger partial charge is 0.497 e. The molecule has 0 aliphatic rings. The van der Waals surface area contributed by atoms with Gasteiger partial charge in [-0.2, -0.15) is 11.8 Å². The highest BCUT2D eigenvalue weighted by atomic mass is 32.2. The summed E-state index contributed by atoms with van der Waals surface area (Å²) in [6, 6.07) is 5.80. The molecule has 0 spiro atoms. The molecule has 0 heterocycles. The molecule has 2 nitrogen and oxygen atoms in total. The lowest BCUT2D eigenvalue weighted by atomic mass is 10.0. The first-order valence-corrected chi connectivity index (χ1v) is 6.53. The number of rotatable bonds is 5. The van der Waals surface area contributed by atoms with Crippen molar-refractivity contribution < 1.29 is 9.84 Å². The zero-order valence-corrected chi connectivity index (χ0v) is 11.2. The van der Waals surface area contributed by atoms with Crippen LogP contribution in [0.3, 0.4) is 0 Å². The average molecular weight is 240 g/mol. The van der Waals surface area contributed by atoms with Crippen molar-refractivity contribution >= 4 is 11.8 Å². The van der Waals surface area contributed by atoms with Crippen LogP contribution < -0.4 is 4.74 Å². The first kappa shape index (κ1) is 13.4. The predicted octanol–water partition coefficient (Wildman–Crippen LogP) is 3.18. The summed E-state index contributed by atoms with van der Waals surface area (Å²) in [6.07, 6.45) is -0.390. The second-order valence-electron chi connectivity index (χ2n) is 4.12. The number of aliphatic hydroxyl groups is 1. The van der Waals surface area contributed by atoms with E-state index in [0.717, 1.165) is 22.6 Å². The molecule has 1 aromatic rings. The zero-order valence-electron chi connectivity index (χ0n) is 10.4. The van der Waals surface area contributed by atoms with E-state index >= 15 is 0 Å². The lowest BCUT2D eigenvalue weighted by Crippen LogP contribution is -2.05. The summed E-state index contributed by atoms with van der Waals surface area (Å²) >= 11 is 1.77. The smallest absolute Gasteiger partial charge is 0.119 e. The van der Waals surface area contributed by atoms with Crippen molar-refractivity contribution in [3.8, 4) is 5.75 Å². The Morgan fingerprint density at radius 2 is 2.06 bits per heavy atom. The van der Waals surface area contributed by atoms with Gasteiger partial charge in [0.15, 0.2) is 0 Å². The van der Waals surface area contributed by atoms with Crippen LogP contribution in [-0.4, -0.2) is 23.2 Å². The maximum absolute atomic E-state index is 10.1. The van der Waals surface area contributed by atoms with Gasteiger partial charge in [0, 0.05) is 5.75 Å².